The normalized spacial score (nSPS) is 11.0. The van der Waals surface area contributed by atoms with E-state index in [0.29, 0.717) is 15.6 Å². The smallest absolute Gasteiger partial charge is 0.267 e. The van der Waals surface area contributed by atoms with Gasteiger partial charge in [0.15, 0.2) is 0 Å². The summed E-state index contributed by atoms with van der Waals surface area (Å²) in [6.07, 6.45) is 0. The Hall–Kier alpha value is -1.55. The van der Waals surface area contributed by atoms with Crippen LogP contribution < -0.4 is 4.31 Å². The molecule has 1 aromatic heterocycles. The van der Waals surface area contributed by atoms with Crippen molar-refractivity contribution in [3.8, 4) is 6.07 Å². The van der Waals surface area contributed by atoms with Crippen molar-refractivity contribution in [2.45, 2.75) is 4.21 Å². The molecule has 0 fully saturated rings. The van der Waals surface area contributed by atoms with Gasteiger partial charge in [-0.1, -0.05) is 23.7 Å². The lowest BCUT2D eigenvalue weighted by Crippen LogP contribution is -2.26. The summed E-state index contributed by atoms with van der Waals surface area (Å²) in [5.41, 5.74) is 0.644. The van der Waals surface area contributed by atoms with Gasteiger partial charge in [-0.25, -0.2) is 8.42 Å². The highest BCUT2D eigenvalue weighted by Gasteiger charge is 2.24. The van der Waals surface area contributed by atoms with Crippen LogP contribution in [0.3, 0.4) is 0 Å². The lowest BCUT2D eigenvalue weighted by molar-refractivity contribution is 0.596. The van der Waals surface area contributed by atoms with Crippen LogP contribution in [0.5, 0.6) is 0 Å². The van der Waals surface area contributed by atoms with Gasteiger partial charge in [0.25, 0.3) is 10.0 Å². The summed E-state index contributed by atoms with van der Waals surface area (Å²) in [4.78, 5) is 0. The Morgan fingerprint density at radius 3 is 2.53 bits per heavy atom. The maximum absolute atomic E-state index is 12.4. The van der Waals surface area contributed by atoms with E-state index < -0.39 is 10.0 Å². The third kappa shape index (κ3) is 2.59. The van der Waals surface area contributed by atoms with Gasteiger partial charge in [-0.15, -0.1) is 11.3 Å². The lowest BCUT2D eigenvalue weighted by atomic mass is 10.2. The number of hydrogen-bond donors (Lipinski definition) is 0. The molecule has 0 aliphatic rings. The third-order valence-corrected chi connectivity index (χ3v) is 6.00. The van der Waals surface area contributed by atoms with E-state index in [2.05, 4.69) is 0 Å². The first kappa shape index (κ1) is 13.9. The highest BCUT2D eigenvalue weighted by molar-refractivity contribution is 7.94. The molecule has 0 N–H and O–H groups in total. The van der Waals surface area contributed by atoms with Crippen LogP contribution in [0.25, 0.3) is 0 Å². The molecule has 1 heterocycles. The molecule has 1 aromatic carbocycles. The van der Waals surface area contributed by atoms with Gasteiger partial charge in [-0.05, 0) is 24.3 Å². The average Bonchev–Trinajstić information content (AvgIpc) is 2.85. The van der Waals surface area contributed by atoms with Crippen molar-refractivity contribution < 1.29 is 8.42 Å². The van der Waals surface area contributed by atoms with Crippen LogP contribution >= 0.6 is 22.9 Å². The van der Waals surface area contributed by atoms with Gasteiger partial charge in [0.05, 0.1) is 15.6 Å². The van der Waals surface area contributed by atoms with Crippen molar-refractivity contribution in [2.24, 2.45) is 0 Å². The number of hydrogen-bond acceptors (Lipinski definition) is 4. The third-order valence-electron chi connectivity index (χ3n) is 2.53. The second-order valence-electron chi connectivity index (χ2n) is 3.66. The highest BCUT2D eigenvalue weighted by atomic mass is 35.5. The van der Waals surface area contributed by atoms with Crippen LogP contribution in [0.15, 0.2) is 40.6 Å². The zero-order chi connectivity index (χ0) is 14.0. The summed E-state index contributed by atoms with van der Waals surface area (Å²) in [6, 6.07) is 11.5. The Labute approximate surface area is 120 Å². The molecular formula is C12H9ClN2O2S2. The fraction of sp³-hybridized carbons (Fsp3) is 0.0833. The number of nitrogens with zero attached hydrogens (tertiary/aromatic N) is 2. The number of sulfonamides is 1. The first-order valence-corrected chi connectivity index (χ1v) is 7.83. The maximum atomic E-state index is 12.4. The van der Waals surface area contributed by atoms with E-state index >= 15 is 0 Å². The quantitative estimate of drug-likeness (QED) is 0.875. The maximum Gasteiger partial charge on any atom is 0.273 e. The largest absolute Gasteiger partial charge is 0.273 e. The number of para-hydroxylation sites is 1. The van der Waals surface area contributed by atoms with Crippen LogP contribution in [0, 0.1) is 11.3 Å². The molecule has 2 rings (SSSR count). The van der Waals surface area contributed by atoms with Gasteiger partial charge in [-0.3, -0.25) is 4.31 Å². The van der Waals surface area contributed by atoms with Crippen LogP contribution in [0.1, 0.15) is 5.56 Å². The van der Waals surface area contributed by atoms with Gasteiger partial charge in [0.2, 0.25) is 0 Å². The topological polar surface area (TPSA) is 61.2 Å². The van der Waals surface area contributed by atoms with Crippen molar-refractivity contribution in [2.75, 3.05) is 11.4 Å². The Balaban J connectivity index is 2.50. The van der Waals surface area contributed by atoms with Gasteiger partial charge in [0.1, 0.15) is 10.3 Å². The van der Waals surface area contributed by atoms with Crippen molar-refractivity contribution in [3.63, 3.8) is 0 Å². The highest BCUT2D eigenvalue weighted by Crippen LogP contribution is 2.31. The lowest BCUT2D eigenvalue weighted by Gasteiger charge is -2.19. The fourth-order valence-electron chi connectivity index (χ4n) is 1.54. The minimum atomic E-state index is -3.69. The average molecular weight is 313 g/mol. The van der Waals surface area contributed by atoms with Crippen LogP contribution in [-0.2, 0) is 10.0 Å². The molecule has 0 atom stereocenters. The van der Waals surface area contributed by atoms with E-state index in [1.165, 1.54) is 19.2 Å². The van der Waals surface area contributed by atoms with Crippen LogP contribution in [0.4, 0.5) is 5.69 Å². The standard InChI is InChI=1S/C12H9ClN2O2S2/c1-15(10-5-3-2-4-9(10)8-14)19(16,17)12-7-6-11(13)18-12/h2-7H,1H3. The van der Waals surface area contributed by atoms with Crippen molar-refractivity contribution in [3.05, 3.63) is 46.3 Å². The van der Waals surface area contributed by atoms with E-state index in [0.717, 1.165) is 15.6 Å². The van der Waals surface area contributed by atoms with Gasteiger partial charge in [0, 0.05) is 7.05 Å². The van der Waals surface area contributed by atoms with E-state index in [-0.39, 0.29) is 4.21 Å². The summed E-state index contributed by atoms with van der Waals surface area (Å²) in [6.45, 7) is 0. The number of nitriles is 1. The Morgan fingerprint density at radius 2 is 1.95 bits per heavy atom. The number of halogens is 1. The molecule has 7 heteroatoms. The van der Waals surface area contributed by atoms with E-state index in [4.69, 9.17) is 16.9 Å². The molecule has 0 amide bonds. The van der Waals surface area contributed by atoms with Crippen molar-refractivity contribution in [1.29, 1.82) is 5.26 Å². The molecular weight excluding hydrogens is 304 g/mol. The van der Waals surface area contributed by atoms with E-state index in [1.54, 1.807) is 24.3 Å². The van der Waals surface area contributed by atoms with Gasteiger partial charge in [-0.2, -0.15) is 5.26 Å². The first-order chi connectivity index (χ1) is 8.96. The van der Waals surface area contributed by atoms with Crippen LogP contribution in [0.2, 0.25) is 4.34 Å². The second-order valence-corrected chi connectivity index (χ2v) is 7.57. The summed E-state index contributed by atoms with van der Waals surface area (Å²) in [7, 11) is -2.27. The van der Waals surface area contributed by atoms with Gasteiger partial charge < -0.3 is 0 Å². The molecule has 2 aromatic rings. The Kier molecular flexibility index (Phi) is 3.80. The molecule has 0 saturated carbocycles. The SMILES string of the molecule is CN(c1ccccc1C#N)S(=O)(=O)c1ccc(Cl)s1. The number of thiophene rings is 1. The first-order valence-electron chi connectivity index (χ1n) is 5.20. The van der Waals surface area contributed by atoms with E-state index in [1.807, 2.05) is 6.07 Å². The number of anilines is 1. The summed E-state index contributed by atoms with van der Waals surface area (Å²) in [5.74, 6) is 0. The monoisotopic (exact) mass is 312 g/mol. The molecule has 0 bridgehead atoms. The molecule has 0 saturated heterocycles. The molecule has 0 aliphatic heterocycles. The van der Waals surface area contributed by atoms with E-state index in [9.17, 15) is 8.42 Å². The molecule has 0 spiro atoms. The molecule has 0 aliphatic carbocycles. The predicted molar refractivity (Wildman–Crippen MR) is 76.1 cm³/mol. The Bertz CT molecular complexity index is 747. The van der Waals surface area contributed by atoms with Gasteiger partial charge >= 0.3 is 0 Å². The minimum absolute atomic E-state index is 0.146. The zero-order valence-electron chi connectivity index (χ0n) is 9.87. The van der Waals surface area contributed by atoms with Crippen molar-refractivity contribution >= 4 is 38.6 Å². The fourth-order valence-corrected chi connectivity index (χ4v) is 4.41. The minimum Gasteiger partial charge on any atom is -0.267 e. The summed E-state index contributed by atoms with van der Waals surface area (Å²) >= 11 is 6.74. The predicted octanol–water partition coefficient (Wildman–Crippen LogP) is 3.10. The molecule has 4 nitrogen and oxygen atoms in total. The Morgan fingerprint density at radius 1 is 1.26 bits per heavy atom. The number of benzene rings is 1. The molecule has 0 radical (unpaired) electrons. The van der Waals surface area contributed by atoms with Crippen LogP contribution in [-0.4, -0.2) is 15.5 Å². The molecule has 98 valence electrons. The van der Waals surface area contributed by atoms with Crippen molar-refractivity contribution in [1.82, 2.24) is 0 Å². The second kappa shape index (κ2) is 5.21. The molecule has 0 unspecified atom stereocenters. The molecule has 19 heavy (non-hydrogen) atoms. The number of rotatable bonds is 3. The summed E-state index contributed by atoms with van der Waals surface area (Å²) < 4.78 is 26.4. The zero-order valence-corrected chi connectivity index (χ0v) is 12.3. The summed E-state index contributed by atoms with van der Waals surface area (Å²) in [5, 5.41) is 9.02.